The molecular formula is C16H15N. The van der Waals surface area contributed by atoms with Crippen LogP contribution in [0.3, 0.4) is 0 Å². The van der Waals surface area contributed by atoms with Gasteiger partial charge in [0.05, 0.1) is 5.70 Å². The van der Waals surface area contributed by atoms with Crippen LogP contribution in [-0.4, -0.2) is 6.21 Å². The van der Waals surface area contributed by atoms with Crippen LogP contribution >= 0.6 is 0 Å². The van der Waals surface area contributed by atoms with E-state index in [4.69, 9.17) is 0 Å². The van der Waals surface area contributed by atoms with Crippen molar-refractivity contribution in [3.05, 3.63) is 66.7 Å². The van der Waals surface area contributed by atoms with Gasteiger partial charge in [-0.1, -0.05) is 61.2 Å². The second-order valence-corrected chi connectivity index (χ2v) is 3.75. The van der Waals surface area contributed by atoms with Gasteiger partial charge in [0.2, 0.25) is 0 Å². The third-order valence-corrected chi connectivity index (χ3v) is 2.61. The average Bonchev–Trinajstić information content (AvgIpc) is 2.40. The van der Waals surface area contributed by atoms with Gasteiger partial charge >= 0.3 is 0 Å². The van der Waals surface area contributed by atoms with Crippen LogP contribution in [0.5, 0.6) is 0 Å². The molecule has 2 aromatic rings. The molecule has 0 aliphatic carbocycles. The van der Waals surface area contributed by atoms with Crippen LogP contribution < -0.4 is 0 Å². The number of benzene rings is 2. The van der Waals surface area contributed by atoms with Crippen molar-refractivity contribution in [2.45, 2.75) is 6.92 Å². The van der Waals surface area contributed by atoms with E-state index in [1.165, 1.54) is 11.1 Å². The highest BCUT2D eigenvalue weighted by molar-refractivity contribution is 5.82. The molecule has 0 aromatic heterocycles. The highest BCUT2D eigenvalue weighted by atomic mass is 14.7. The van der Waals surface area contributed by atoms with Crippen LogP contribution in [-0.2, 0) is 0 Å². The standard InChI is InChI=1S/C16H15N/c1-3-17-13(2)15-11-7-8-12-16(15)14-9-5-4-6-10-14/h3-12H,2H2,1H3. The average molecular weight is 221 g/mol. The van der Waals surface area contributed by atoms with E-state index in [0.29, 0.717) is 0 Å². The van der Waals surface area contributed by atoms with Gasteiger partial charge in [-0.05, 0) is 18.1 Å². The third-order valence-electron chi connectivity index (χ3n) is 2.61. The van der Waals surface area contributed by atoms with Gasteiger partial charge in [-0.3, -0.25) is 4.99 Å². The zero-order valence-corrected chi connectivity index (χ0v) is 9.93. The Morgan fingerprint density at radius 2 is 1.65 bits per heavy atom. The highest BCUT2D eigenvalue weighted by Crippen LogP contribution is 2.28. The third kappa shape index (κ3) is 2.51. The van der Waals surface area contributed by atoms with E-state index in [1.807, 2.05) is 37.3 Å². The van der Waals surface area contributed by atoms with E-state index in [2.05, 4.69) is 35.8 Å². The molecule has 0 bridgehead atoms. The van der Waals surface area contributed by atoms with Gasteiger partial charge in [0, 0.05) is 11.8 Å². The number of rotatable bonds is 3. The summed E-state index contributed by atoms with van der Waals surface area (Å²) >= 11 is 0. The van der Waals surface area contributed by atoms with Crippen LogP contribution in [0, 0.1) is 0 Å². The van der Waals surface area contributed by atoms with E-state index < -0.39 is 0 Å². The zero-order chi connectivity index (χ0) is 12.1. The van der Waals surface area contributed by atoms with Gasteiger partial charge in [-0.2, -0.15) is 0 Å². The summed E-state index contributed by atoms with van der Waals surface area (Å²) in [6.07, 6.45) is 1.77. The van der Waals surface area contributed by atoms with Gasteiger partial charge in [-0.25, -0.2) is 0 Å². The van der Waals surface area contributed by atoms with E-state index in [-0.39, 0.29) is 0 Å². The molecule has 1 heteroatoms. The summed E-state index contributed by atoms with van der Waals surface area (Å²) in [6.45, 7) is 5.90. The predicted octanol–water partition coefficient (Wildman–Crippen LogP) is 4.42. The van der Waals surface area contributed by atoms with Gasteiger partial charge < -0.3 is 0 Å². The van der Waals surface area contributed by atoms with E-state index >= 15 is 0 Å². The van der Waals surface area contributed by atoms with Crippen LogP contribution in [0.4, 0.5) is 0 Å². The van der Waals surface area contributed by atoms with Crippen LogP contribution in [0.15, 0.2) is 66.2 Å². The number of aliphatic imine (C=N–C) groups is 1. The van der Waals surface area contributed by atoms with Crippen LogP contribution in [0.25, 0.3) is 16.8 Å². The first-order valence-electron chi connectivity index (χ1n) is 5.65. The van der Waals surface area contributed by atoms with Crippen molar-refractivity contribution < 1.29 is 0 Å². The lowest BCUT2D eigenvalue weighted by atomic mass is 9.98. The molecule has 2 aromatic carbocycles. The molecule has 0 aliphatic heterocycles. The molecule has 2 rings (SSSR count). The Kier molecular flexibility index (Phi) is 3.51. The number of nitrogens with zero attached hydrogens (tertiary/aromatic N) is 1. The lowest BCUT2D eigenvalue weighted by Gasteiger charge is -2.08. The first kappa shape index (κ1) is 11.3. The Bertz CT molecular complexity index is 538. The van der Waals surface area contributed by atoms with Crippen molar-refractivity contribution in [3.63, 3.8) is 0 Å². The maximum Gasteiger partial charge on any atom is 0.0632 e. The minimum absolute atomic E-state index is 0.798. The molecular weight excluding hydrogens is 206 g/mol. The normalized spacial score (nSPS) is 10.6. The van der Waals surface area contributed by atoms with Crippen molar-refractivity contribution in [1.82, 2.24) is 0 Å². The molecule has 0 unspecified atom stereocenters. The van der Waals surface area contributed by atoms with Gasteiger partial charge in [0.1, 0.15) is 0 Å². The van der Waals surface area contributed by atoms with Gasteiger partial charge in [0.25, 0.3) is 0 Å². The summed E-state index contributed by atoms with van der Waals surface area (Å²) < 4.78 is 0. The van der Waals surface area contributed by atoms with Crippen molar-refractivity contribution in [2.24, 2.45) is 4.99 Å². The molecule has 0 amide bonds. The number of hydrogen-bond acceptors (Lipinski definition) is 1. The second kappa shape index (κ2) is 5.26. The van der Waals surface area contributed by atoms with E-state index in [0.717, 1.165) is 11.3 Å². The fraction of sp³-hybridized carbons (Fsp3) is 0.0625. The minimum atomic E-state index is 0.798. The molecule has 0 aliphatic rings. The molecule has 0 atom stereocenters. The Balaban J connectivity index is 2.52. The summed E-state index contributed by atoms with van der Waals surface area (Å²) in [5.41, 5.74) is 4.24. The van der Waals surface area contributed by atoms with E-state index in [1.54, 1.807) is 6.21 Å². The fourth-order valence-electron chi connectivity index (χ4n) is 1.83. The van der Waals surface area contributed by atoms with E-state index in [9.17, 15) is 0 Å². The maximum atomic E-state index is 4.26. The molecule has 0 radical (unpaired) electrons. The summed E-state index contributed by atoms with van der Waals surface area (Å²) in [5, 5.41) is 0. The molecule has 0 saturated carbocycles. The summed E-state index contributed by atoms with van der Waals surface area (Å²) in [5.74, 6) is 0. The Labute approximate surface area is 102 Å². The van der Waals surface area contributed by atoms with Crippen molar-refractivity contribution in [2.75, 3.05) is 0 Å². The molecule has 0 fully saturated rings. The molecule has 0 heterocycles. The first-order chi connectivity index (χ1) is 8.33. The monoisotopic (exact) mass is 221 g/mol. The Hall–Kier alpha value is -2.15. The summed E-state index contributed by atoms with van der Waals surface area (Å²) in [4.78, 5) is 4.26. The SMILES string of the molecule is C=C(N=CC)c1ccccc1-c1ccccc1. The summed E-state index contributed by atoms with van der Waals surface area (Å²) in [6, 6.07) is 18.5. The lowest BCUT2D eigenvalue weighted by Crippen LogP contribution is -1.86. The maximum absolute atomic E-state index is 4.26. The molecule has 17 heavy (non-hydrogen) atoms. The Morgan fingerprint density at radius 1 is 1.00 bits per heavy atom. The largest absolute Gasteiger partial charge is 0.262 e. The lowest BCUT2D eigenvalue weighted by molar-refractivity contribution is 1.50. The minimum Gasteiger partial charge on any atom is -0.262 e. The van der Waals surface area contributed by atoms with Gasteiger partial charge in [0.15, 0.2) is 0 Å². The molecule has 84 valence electrons. The topological polar surface area (TPSA) is 12.4 Å². The van der Waals surface area contributed by atoms with Gasteiger partial charge in [-0.15, -0.1) is 0 Å². The first-order valence-corrected chi connectivity index (χ1v) is 5.65. The van der Waals surface area contributed by atoms with Crippen LogP contribution in [0.1, 0.15) is 12.5 Å². The predicted molar refractivity (Wildman–Crippen MR) is 75.1 cm³/mol. The second-order valence-electron chi connectivity index (χ2n) is 3.75. The molecule has 0 saturated heterocycles. The molecule has 1 nitrogen and oxygen atoms in total. The highest BCUT2D eigenvalue weighted by Gasteiger charge is 2.05. The zero-order valence-electron chi connectivity index (χ0n) is 9.93. The molecule has 0 spiro atoms. The Morgan fingerprint density at radius 3 is 2.35 bits per heavy atom. The quantitative estimate of drug-likeness (QED) is 0.680. The van der Waals surface area contributed by atoms with Crippen molar-refractivity contribution in [3.8, 4) is 11.1 Å². The van der Waals surface area contributed by atoms with Crippen molar-refractivity contribution >= 4 is 11.9 Å². The van der Waals surface area contributed by atoms with Crippen molar-refractivity contribution in [1.29, 1.82) is 0 Å². The smallest absolute Gasteiger partial charge is 0.0632 e. The number of hydrogen-bond donors (Lipinski definition) is 0. The van der Waals surface area contributed by atoms with Crippen LogP contribution in [0.2, 0.25) is 0 Å². The fourth-order valence-corrected chi connectivity index (χ4v) is 1.83. The molecule has 0 N–H and O–H groups in total. The summed E-state index contributed by atoms with van der Waals surface area (Å²) in [7, 11) is 0.